The zero-order valence-electron chi connectivity index (χ0n) is 6.39. The fourth-order valence-electron chi connectivity index (χ4n) is 0.718. The molecule has 1 rings (SSSR count). The molecule has 1 aromatic carbocycles. The minimum absolute atomic E-state index is 0.496. The van der Waals surface area contributed by atoms with Crippen LogP contribution in [-0.2, 0) is 0 Å². The smallest absolute Gasteiger partial charge is 0.120 e. The molecule has 0 saturated heterocycles. The Bertz CT molecular complexity index is 284. The Balaban J connectivity index is 2.57. The van der Waals surface area contributed by atoms with Gasteiger partial charge < -0.3 is 4.74 Å². The first-order chi connectivity index (χ1) is 5.68. The van der Waals surface area contributed by atoms with Crippen molar-refractivity contribution in [2.45, 2.75) is 0 Å². The summed E-state index contributed by atoms with van der Waals surface area (Å²) in [4.78, 5) is 0. The van der Waals surface area contributed by atoms with Crippen LogP contribution in [0.25, 0.3) is 0 Å². The van der Waals surface area contributed by atoms with Crippen LogP contribution >= 0.6 is 31.9 Å². The lowest BCUT2D eigenvalue weighted by Crippen LogP contribution is -1.95. The van der Waals surface area contributed by atoms with E-state index in [0.717, 1.165) is 14.7 Å². The average molecular weight is 292 g/mol. The van der Waals surface area contributed by atoms with Crippen molar-refractivity contribution in [2.75, 3.05) is 6.61 Å². The maximum atomic E-state index is 5.37. The van der Waals surface area contributed by atoms with E-state index in [-0.39, 0.29) is 0 Å². The summed E-state index contributed by atoms with van der Waals surface area (Å²) in [7, 11) is 0. The van der Waals surface area contributed by atoms with Gasteiger partial charge in [0.1, 0.15) is 12.4 Å². The Morgan fingerprint density at radius 2 is 2.25 bits per heavy atom. The second-order valence-corrected chi connectivity index (χ2v) is 4.30. The van der Waals surface area contributed by atoms with E-state index in [1.54, 1.807) is 0 Å². The van der Waals surface area contributed by atoms with Gasteiger partial charge in [0.25, 0.3) is 0 Å². The predicted molar refractivity (Wildman–Crippen MR) is 57.7 cm³/mol. The van der Waals surface area contributed by atoms with Crippen molar-refractivity contribution in [3.8, 4) is 5.75 Å². The number of hydrogen-bond acceptors (Lipinski definition) is 1. The first-order valence-corrected chi connectivity index (χ1v) is 4.99. The van der Waals surface area contributed by atoms with E-state index in [2.05, 4.69) is 38.4 Å². The van der Waals surface area contributed by atoms with Crippen LogP contribution in [0.3, 0.4) is 0 Å². The molecule has 0 amide bonds. The highest BCUT2D eigenvalue weighted by Crippen LogP contribution is 2.18. The summed E-state index contributed by atoms with van der Waals surface area (Å²) in [6, 6.07) is 7.70. The molecule has 1 nitrogen and oxygen atoms in total. The van der Waals surface area contributed by atoms with E-state index in [1.807, 2.05) is 24.3 Å². The Morgan fingerprint density at radius 3 is 2.83 bits per heavy atom. The van der Waals surface area contributed by atoms with Gasteiger partial charge in [-0.2, -0.15) is 0 Å². The van der Waals surface area contributed by atoms with Gasteiger partial charge in [-0.15, -0.1) is 0 Å². The highest BCUT2D eigenvalue weighted by molar-refractivity contribution is 9.11. The Morgan fingerprint density at radius 1 is 1.50 bits per heavy atom. The summed E-state index contributed by atoms with van der Waals surface area (Å²) in [6.45, 7) is 4.17. The molecule has 0 radical (unpaired) electrons. The van der Waals surface area contributed by atoms with Crippen LogP contribution in [0.15, 0.2) is 39.8 Å². The molecule has 0 aromatic heterocycles. The average Bonchev–Trinajstić information content (AvgIpc) is 2.01. The number of rotatable bonds is 3. The molecule has 0 fully saturated rings. The number of benzene rings is 1. The normalized spacial score (nSPS) is 9.50. The molecule has 64 valence electrons. The van der Waals surface area contributed by atoms with E-state index in [9.17, 15) is 0 Å². The molecular formula is C9H8Br2O. The molecule has 0 spiro atoms. The first kappa shape index (κ1) is 9.81. The summed E-state index contributed by atoms with van der Waals surface area (Å²) in [6.07, 6.45) is 0. The highest BCUT2D eigenvalue weighted by atomic mass is 79.9. The van der Waals surface area contributed by atoms with Crippen LogP contribution < -0.4 is 4.74 Å². The molecule has 3 heteroatoms. The van der Waals surface area contributed by atoms with Crippen LogP contribution in [0.1, 0.15) is 0 Å². The minimum Gasteiger partial charge on any atom is -0.488 e. The topological polar surface area (TPSA) is 9.23 Å². The lowest BCUT2D eigenvalue weighted by Gasteiger charge is -2.04. The second-order valence-electron chi connectivity index (χ2n) is 2.26. The van der Waals surface area contributed by atoms with Crippen molar-refractivity contribution in [3.05, 3.63) is 39.8 Å². The zero-order chi connectivity index (χ0) is 8.97. The molecule has 0 atom stereocenters. The maximum absolute atomic E-state index is 5.37. The van der Waals surface area contributed by atoms with Gasteiger partial charge in [0.2, 0.25) is 0 Å². The first-order valence-electron chi connectivity index (χ1n) is 3.40. The lowest BCUT2D eigenvalue weighted by atomic mass is 10.3. The summed E-state index contributed by atoms with van der Waals surface area (Å²) >= 11 is 6.57. The van der Waals surface area contributed by atoms with E-state index >= 15 is 0 Å². The molecule has 0 bridgehead atoms. The largest absolute Gasteiger partial charge is 0.488 e. The molecule has 0 aliphatic rings. The molecule has 0 N–H and O–H groups in total. The third kappa shape index (κ3) is 3.41. The van der Waals surface area contributed by atoms with Crippen LogP contribution in [0, 0.1) is 0 Å². The summed E-state index contributed by atoms with van der Waals surface area (Å²) in [5.41, 5.74) is 0. The lowest BCUT2D eigenvalue weighted by molar-refractivity contribution is 0.360. The number of ether oxygens (including phenoxy) is 1. The monoisotopic (exact) mass is 290 g/mol. The van der Waals surface area contributed by atoms with E-state index in [4.69, 9.17) is 4.74 Å². The van der Waals surface area contributed by atoms with Crippen LogP contribution in [-0.4, -0.2) is 6.61 Å². The van der Waals surface area contributed by atoms with Gasteiger partial charge in [-0.25, -0.2) is 0 Å². The fraction of sp³-hybridized carbons (Fsp3) is 0.111. The third-order valence-corrected chi connectivity index (χ3v) is 1.91. The highest BCUT2D eigenvalue weighted by Gasteiger charge is 1.94. The maximum Gasteiger partial charge on any atom is 0.120 e. The number of hydrogen-bond donors (Lipinski definition) is 0. The van der Waals surface area contributed by atoms with Crippen molar-refractivity contribution in [1.29, 1.82) is 0 Å². The van der Waals surface area contributed by atoms with Gasteiger partial charge >= 0.3 is 0 Å². The zero-order valence-corrected chi connectivity index (χ0v) is 9.56. The van der Waals surface area contributed by atoms with Gasteiger partial charge in [-0.3, -0.25) is 0 Å². The molecule has 0 aliphatic heterocycles. The van der Waals surface area contributed by atoms with Gasteiger partial charge in [0.15, 0.2) is 0 Å². The Labute approximate surface area is 88.7 Å². The molecule has 1 aromatic rings. The Kier molecular flexibility index (Phi) is 3.82. The van der Waals surface area contributed by atoms with Crippen LogP contribution in [0.2, 0.25) is 0 Å². The SMILES string of the molecule is C=C(Br)COc1cccc(Br)c1. The van der Waals surface area contributed by atoms with Crippen LogP contribution in [0.4, 0.5) is 0 Å². The van der Waals surface area contributed by atoms with Crippen molar-refractivity contribution in [1.82, 2.24) is 0 Å². The fourth-order valence-corrected chi connectivity index (χ4v) is 1.21. The van der Waals surface area contributed by atoms with E-state index in [1.165, 1.54) is 0 Å². The van der Waals surface area contributed by atoms with E-state index < -0.39 is 0 Å². The third-order valence-electron chi connectivity index (χ3n) is 1.19. The standard InChI is InChI=1S/C9H8Br2O/c1-7(10)6-12-9-4-2-3-8(11)5-9/h2-5H,1,6H2. The molecule has 0 unspecified atom stereocenters. The summed E-state index contributed by atoms with van der Waals surface area (Å²) in [5.74, 6) is 0.838. The van der Waals surface area contributed by atoms with Gasteiger partial charge in [0.05, 0.1) is 0 Å². The number of halogens is 2. The van der Waals surface area contributed by atoms with Crippen molar-refractivity contribution in [3.63, 3.8) is 0 Å². The van der Waals surface area contributed by atoms with Gasteiger partial charge in [-0.1, -0.05) is 44.5 Å². The Hall–Kier alpha value is -0.280. The summed E-state index contributed by atoms with van der Waals surface area (Å²) in [5, 5.41) is 0. The summed E-state index contributed by atoms with van der Waals surface area (Å²) < 4.78 is 7.22. The van der Waals surface area contributed by atoms with Gasteiger partial charge in [-0.05, 0) is 18.2 Å². The molecule has 0 aliphatic carbocycles. The van der Waals surface area contributed by atoms with Crippen molar-refractivity contribution in [2.24, 2.45) is 0 Å². The van der Waals surface area contributed by atoms with Gasteiger partial charge in [0, 0.05) is 8.96 Å². The molecular weight excluding hydrogens is 284 g/mol. The molecule has 0 heterocycles. The minimum atomic E-state index is 0.496. The van der Waals surface area contributed by atoms with Crippen molar-refractivity contribution >= 4 is 31.9 Å². The predicted octanol–water partition coefficient (Wildman–Crippen LogP) is 3.74. The van der Waals surface area contributed by atoms with Crippen LogP contribution in [0.5, 0.6) is 5.75 Å². The second kappa shape index (κ2) is 4.67. The quantitative estimate of drug-likeness (QED) is 0.824. The van der Waals surface area contributed by atoms with Crippen molar-refractivity contribution < 1.29 is 4.74 Å². The molecule has 0 saturated carbocycles. The van der Waals surface area contributed by atoms with E-state index in [0.29, 0.717) is 6.61 Å². The molecule has 12 heavy (non-hydrogen) atoms.